The molecular weight excluding hydrogens is 575 g/mol. The van der Waals surface area contributed by atoms with Crippen LogP contribution in [0.4, 0.5) is 4.39 Å². The molecule has 8 nitrogen and oxygen atoms in total. The molecule has 0 aliphatic carbocycles. The molecule has 4 aromatic carbocycles. The maximum Gasteiger partial charge on any atom is 0.343 e. The molecule has 5 rings (SSSR count). The highest BCUT2D eigenvalue weighted by atomic mass is 19.1. The summed E-state index contributed by atoms with van der Waals surface area (Å²) in [6, 6.07) is 25.6. The Morgan fingerprint density at radius 2 is 1.78 bits per heavy atom. The van der Waals surface area contributed by atoms with Crippen LogP contribution >= 0.6 is 0 Å². The van der Waals surface area contributed by atoms with Crippen LogP contribution in [-0.4, -0.2) is 19.2 Å². The van der Waals surface area contributed by atoms with Crippen molar-refractivity contribution in [3.63, 3.8) is 0 Å². The van der Waals surface area contributed by atoms with Gasteiger partial charge in [-0.2, -0.15) is 5.26 Å². The number of carbonyl (C=O) groups is 1. The number of nitriles is 1. The van der Waals surface area contributed by atoms with E-state index in [1.807, 2.05) is 6.92 Å². The Kier molecular flexibility index (Phi) is 9.85. The SMILES string of the molecule is CCCCOc1cccc(C(=O)Oc2ccc3c(c2)OC(N)=C(C#N)C3c2ccc(OCc3ccccc3F)c(OCC)c2)c1. The summed E-state index contributed by atoms with van der Waals surface area (Å²) in [7, 11) is 0. The fourth-order valence-electron chi connectivity index (χ4n) is 4.92. The van der Waals surface area contributed by atoms with Crippen molar-refractivity contribution in [3.8, 4) is 34.8 Å². The molecule has 0 radical (unpaired) electrons. The van der Waals surface area contributed by atoms with Gasteiger partial charge in [-0.25, -0.2) is 9.18 Å². The number of ether oxygens (including phenoxy) is 5. The smallest absolute Gasteiger partial charge is 0.343 e. The summed E-state index contributed by atoms with van der Waals surface area (Å²) in [4.78, 5) is 13.0. The Hall–Kier alpha value is -5.49. The number of rotatable bonds is 12. The van der Waals surface area contributed by atoms with Crippen molar-refractivity contribution in [2.45, 2.75) is 39.2 Å². The third-order valence-corrected chi connectivity index (χ3v) is 7.18. The highest BCUT2D eigenvalue weighted by molar-refractivity contribution is 5.91. The summed E-state index contributed by atoms with van der Waals surface area (Å²) in [5, 5.41) is 10.0. The van der Waals surface area contributed by atoms with Crippen LogP contribution in [0.2, 0.25) is 0 Å². The van der Waals surface area contributed by atoms with Gasteiger partial charge in [0.2, 0.25) is 5.88 Å². The fraction of sp³-hybridized carbons (Fsp3) is 0.222. The number of allylic oxidation sites excluding steroid dienone is 1. The zero-order valence-electron chi connectivity index (χ0n) is 25.0. The monoisotopic (exact) mass is 608 g/mol. The van der Waals surface area contributed by atoms with E-state index in [-0.39, 0.29) is 29.6 Å². The molecule has 45 heavy (non-hydrogen) atoms. The lowest BCUT2D eigenvalue weighted by molar-refractivity contribution is 0.0734. The minimum absolute atomic E-state index is 0.0141. The summed E-state index contributed by atoms with van der Waals surface area (Å²) >= 11 is 0. The van der Waals surface area contributed by atoms with Gasteiger partial charge in [0.15, 0.2) is 11.5 Å². The molecule has 0 fully saturated rings. The molecular formula is C36H33FN2O6. The number of unbranched alkanes of at least 4 members (excludes halogenated alkanes) is 1. The molecule has 1 heterocycles. The molecule has 4 aromatic rings. The highest BCUT2D eigenvalue weighted by Gasteiger charge is 2.32. The molecule has 1 atom stereocenters. The van der Waals surface area contributed by atoms with E-state index in [1.54, 1.807) is 78.9 Å². The van der Waals surface area contributed by atoms with Crippen molar-refractivity contribution in [1.82, 2.24) is 0 Å². The van der Waals surface area contributed by atoms with Gasteiger partial charge in [0.1, 0.15) is 41.3 Å². The second-order valence-corrected chi connectivity index (χ2v) is 10.3. The summed E-state index contributed by atoms with van der Waals surface area (Å²) in [6.07, 6.45) is 1.92. The zero-order chi connectivity index (χ0) is 31.8. The molecule has 1 unspecified atom stereocenters. The molecule has 1 aliphatic heterocycles. The fourth-order valence-corrected chi connectivity index (χ4v) is 4.92. The van der Waals surface area contributed by atoms with E-state index < -0.39 is 11.9 Å². The minimum atomic E-state index is -0.597. The highest BCUT2D eigenvalue weighted by Crippen LogP contribution is 2.45. The Morgan fingerprint density at radius 3 is 2.56 bits per heavy atom. The predicted octanol–water partition coefficient (Wildman–Crippen LogP) is 7.42. The van der Waals surface area contributed by atoms with Gasteiger partial charge < -0.3 is 29.4 Å². The van der Waals surface area contributed by atoms with Crippen LogP contribution in [0.25, 0.3) is 0 Å². The van der Waals surface area contributed by atoms with Crippen molar-refractivity contribution in [2.24, 2.45) is 5.73 Å². The molecule has 1 aliphatic rings. The molecule has 0 saturated carbocycles. The van der Waals surface area contributed by atoms with Crippen LogP contribution in [0.5, 0.6) is 28.7 Å². The van der Waals surface area contributed by atoms with E-state index in [2.05, 4.69) is 13.0 Å². The average Bonchev–Trinajstić information content (AvgIpc) is 3.04. The summed E-state index contributed by atoms with van der Waals surface area (Å²) in [5.74, 6) is 0.457. The number of hydrogen-bond acceptors (Lipinski definition) is 8. The normalized spacial score (nSPS) is 13.7. The van der Waals surface area contributed by atoms with E-state index in [0.717, 1.165) is 12.8 Å². The number of benzene rings is 4. The van der Waals surface area contributed by atoms with Crippen molar-refractivity contribution in [3.05, 3.63) is 124 Å². The molecule has 9 heteroatoms. The van der Waals surface area contributed by atoms with Gasteiger partial charge in [0.25, 0.3) is 0 Å². The third-order valence-electron chi connectivity index (χ3n) is 7.18. The molecule has 2 N–H and O–H groups in total. The molecule has 0 aromatic heterocycles. The lowest BCUT2D eigenvalue weighted by Crippen LogP contribution is -2.21. The number of nitrogens with zero attached hydrogens (tertiary/aromatic N) is 1. The van der Waals surface area contributed by atoms with Crippen LogP contribution < -0.4 is 29.4 Å². The Bertz CT molecular complexity index is 1760. The van der Waals surface area contributed by atoms with Gasteiger partial charge in [-0.1, -0.05) is 49.7 Å². The van der Waals surface area contributed by atoms with E-state index in [1.165, 1.54) is 6.07 Å². The van der Waals surface area contributed by atoms with Gasteiger partial charge in [-0.05, 0) is 61.4 Å². The first kappa shape index (κ1) is 31.0. The number of nitrogens with two attached hydrogens (primary N) is 1. The van der Waals surface area contributed by atoms with Gasteiger partial charge in [0.05, 0.1) is 24.7 Å². The minimum Gasteiger partial charge on any atom is -0.494 e. The first-order chi connectivity index (χ1) is 21.9. The Balaban J connectivity index is 1.40. The first-order valence-corrected chi connectivity index (χ1v) is 14.7. The van der Waals surface area contributed by atoms with Crippen LogP contribution in [-0.2, 0) is 6.61 Å². The van der Waals surface area contributed by atoms with Gasteiger partial charge >= 0.3 is 5.97 Å². The van der Waals surface area contributed by atoms with Crippen LogP contribution in [0.15, 0.2) is 96.4 Å². The lowest BCUT2D eigenvalue weighted by atomic mass is 9.83. The van der Waals surface area contributed by atoms with Crippen molar-refractivity contribution >= 4 is 5.97 Å². The molecule has 0 saturated heterocycles. The third kappa shape index (κ3) is 7.19. The van der Waals surface area contributed by atoms with E-state index in [4.69, 9.17) is 29.4 Å². The quantitative estimate of drug-likeness (QED) is 0.100. The second kappa shape index (κ2) is 14.3. The number of carbonyl (C=O) groups excluding carboxylic acids is 1. The molecule has 0 amide bonds. The van der Waals surface area contributed by atoms with Crippen molar-refractivity contribution < 1.29 is 32.9 Å². The largest absolute Gasteiger partial charge is 0.494 e. The standard InChI is InChI=1S/C36H33FN2O6/c1-3-5-17-42-26-11-8-10-24(18-26)36(40)44-27-14-15-28-32(20-27)45-35(39)29(21-38)34(28)23-13-16-31(33(19-23)41-4-2)43-22-25-9-6-7-12-30(25)37/h6-16,18-20,34H,3-5,17,22,39H2,1-2H3. The molecule has 230 valence electrons. The van der Waals surface area contributed by atoms with Crippen molar-refractivity contribution in [2.75, 3.05) is 13.2 Å². The van der Waals surface area contributed by atoms with Crippen LogP contribution in [0.1, 0.15) is 59.7 Å². The van der Waals surface area contributed by atoms with Gasteiger partial charge in [-0.15, -0.1) is 0 Å². The number of halogens is 1. The number of hydrogen-bond donors (Lipinski definition) is 1. The predicted molar refractivity (Wildman–Crippen MR) is 166 cm³/mol. The van der Waals surface area contributed by atoms with E-state index in [0.29, 0.717) is 58.5 Å². The summed E-state index contributed by atoms with van der Waals surface area (Å²) < 4.78 is 43.1. The van der Waals surface area contributed by atoms with Crippen molar-refractivity contribution in [1.29, 1.82) is 5.26 Å². The zero-order valence-corrected chi connectivity index (χ0v) is 25.0. The Morgan fingerprint density at radius 1 is 0.933 bits per heavy atom. The maximum atomic E-state index is 14.2. The van der Waals surface area contributed by atoms with Crippen LogP contribution in [0.3, 0.4) is 0 Å². The summed E-state index contributed by atoms with van der Waals surface area (Å²) in [5.41, 5.74) is 8.53. The van der Waals surface area contributed by atoms with Crippen LogP contribution in [0, 0.1) is 17.1 Å². The van der Waals surface area contributed by atoms with Gasteiger partial charge in [-0.3, -0.25) is 0 Å². The lowest BCUT2D eigenvalue weighted by Gasteiger charge is -2.27. The number of fused-ring (bicyclic) bond motifs is 1. The topological polar surface area (TPSA) is 113 Å². The summed E-state index contributed by atoms with van der Waals surface area (Å²) in [6.45, 7) is 4.85. The maximum absolute atomic E-state index is 14.2. The second-order valence-electron chi connectivity index (χ2n) is 10.3. The van der Waals surface area contributed by atoms with E-state index in [9.17, 15) is 14.4 Å². The Labute approximate surface area is 261 Å². The first-order valence-electron chi connectivity index (χ1n) is 14.7. The average molecular weight is 609 g/mol. The molecule has 0 bridgehead atoms. The van der Waals surface area contributed by atoms with Gasteiger partial charge in [0, 0.05) is 17.2 Å². The number of esters is 1. The van der Waals surface area contributed by atoms with E-state index >= 15 is 0 Å². The molecule has 0 spiro atoms.